The van der Waals surface area contributed by atoms with Crippen molar-refractivity contribution in [1.29, 1.82) is 0 Å². The monoisotopic (exact) mass is 154 g/mol. The molecule has 11 heavy (non-hydrogen) atoms. The van der Waals surface area contributed by atoms with Gasteiger partial charge in [-0.1, -0.05) is 18.6 Å². The van der Waals surface area contributed by atoms with E-state index >= 15 is 0 Å². The van der Waals surface area contributed by atoms with E-state index in [1.807, 2.05) is 0 Å². The summed E-state index contributed by atoms with van der Waals surface area (Å²) in [4.78, 5) is 0. The molecule has 1 saturated heterocycles. The molecule has 64 valence electrons. The lowest BCUT2D eigenvalue weighted by Gasteiger charge is -2.25. The van der Waals surface area contributed by atoms with E-state index in [9.17, 15) is 0 Å². The van der Waals surface area contributed by atoms with Crippen LogP contribution >= 0.6 is 0 Å². The van der Waals surface area contributed by atoms with Crippen molar-refractivity contribution in [1.82, 2.24) is 0 Å². The molecule has 1 aliphatic rings. The van der Waals surface area contributed by atoms with E-state index in [0.717, 1.165) is 12.5 Å². The number of ether oxygens (including phenoxy) is 1. The Morgan fingerprint density at radius 3 is 2.73 bits per heavy atom. The predicted molar refractivity (Wildman–Crippen MR) is 47.6 cm³/mol. The summed E-state index contributed by atoms with van der Waals surface area (Å²) >= 11 is 0. The van der Waals surface area contributed by atoms with Crippen molar-refractivity contribution in [3.05, 3.63) is 11.6 Å². The van der Waals surface area contributed by atoms with Crippen LogP contribution in [0.15, 0.2) is 11.6 Å². The summed E-state index contributed by atoms with van der Waals surface area (Å²) in [5.41, 5.74) is 1.36. The maximum atomic E-state index is 5.58. The second-order valence-electron chi connectivity index (χ2n) is 3.78. The van der Waals surface area contributed by atoms with Gasteiger partial charge >= 0.3 is 0 Å². The first-order valence-electron chi connectivity index (χ1n) is 4.45. The van der Waals surface area contributed by atoms with E-state index in [-0.39, 0.29) is 0 Å². The van der Waals surface area contributed by atoms with Crippen molar-refractivity contribution in [2.24, 2.45) is 5.92 Å². The fourth-order valence-corrected chi connectivity index (χ4v) is 1.49. The van der Waals surface area contributed by atoms with Crippen molar-refractivity contribution >= 4 is 0 Å². The highest BCUT2D eigenvalue weighted by atomic mass is 16.5. The number of allylic oxidation sites excluding steroid dienone is 1. The van der Waals surface area contributed by atoms with Gasteiger partial charge in [-0.05, 0) is 32.6 Å². The number of hydrogen-bond acceptors (Lipinski definition) is 1. The van der Waals surface area contributed by atoms with Crippen LogP contribution in [0.1, 0.15) is 33.6 Å². The molecule has 1 aliphatic heterocycles. The smallest absolute Gasteiger partial charge is 0.0760 e. The molecular weight excluding hydrogens is 136 g/mol. The molecule has 0 amide bonds. The van der Waals surface area contributed by atoms with Crippen LogP contribution in [0.5, 0.6) is 0 Å². The van der Waals surface area contributed by atoms with Crippen LogP contribution in [0.4, 0.5) is 0 Å². The van der Waals surface area contributed by atoms with Gasteiger partial charge in [-0.3, -0.25) is 0 Å². The molecule has 1 nitrogen and oxygen atoms in total. The molecule has 0 aromatic heterocycles. The number of hydrogen-bond donors (Lipinski definition) is 0. The Labute approximate surface area is 69.4 Å². The van der Waals surface area contributed by atoms with Gasteiger partial charge in [0.15, 0.2) is 0 Å². The van der Waals surface area contributed by atoms with Gasteiger partial charge in [0, 0.05) is 6.61 Å². The Kier molecular flexibility index (Phi) is 3.13. The van der Waals surface area contributed by atoms with Crippen LogP contribution in [0.25, 0.3) is 0 Å². The zero-order valence-electron chi connectivity index (χ0n) is 7.76. The molecule has 1 rings (SSSR count). The maximum absolute atomic E-state index is 5.58. The standard InChI is InChI=1S/C10H18O/c1-8(2)6-10-7-9(3)4-5-11-10/h6,9-10H,4-5,7H2,1-3H3/t9?,10-/m1/s1. The summed E-state index contributed by atoms with van der Waals surface area (Å²) < 4.78 is 5.58. The Morgan fingerprint density at radius 2 is 2.18 bits per heavy atom. The van der Waals surface area contributed by atoms with E-state index in [4.69, 9.17) is 4.74 Å². The van der Waals surface area contributed by atoms with Crippen LogP contribution in [-0.2, 0) is 4.74 Å². The second kappa shape index (κ2) is 3.91. The summed E-state index contributed by atoms with van der Waals surface area (Å²) in [6.07, 6.45) is 5.05. The van der Waals surface area contributed by atoms with Crippen molar-refractivity contribution in [2.75, 3.05) is 6.61 Å². The molecular formula is C10H18O. The summed E-state index contributed by atoms with van der Waals surface area (Å²) in [7, 11) is 0. The first-order chi connectivity index (χ1) is 5.18. The zero-order chi connectivity index (χ0) is 8.27. The van der Waals surface area contributed by atoms with Crippen LogP contribution in [0.2, 0.25) is 0 Å². The minimum absolute atomic E-state index is 0.392. The predicted octanol–water partition coefficient (Wildman–Crippen LogP) is 2.77. The van der Waals surface area contributed by atoms with Crippen LogP contribution < -0.4 is 0 Å². The Morgan fingerprint density at radius 1 is 1.45 bits per heavy atom. The Hall–Kier alpha value is -0.300. The van der Waals surface area contributed by atoms with Crippen molar-refractivity contribution in [3.8, 4) is 0 Å². The third kappa shape index (κ3) is 3.06. The van der Waals surface area contributed by atoms with Gasteiger partial charge in [0.1, 0.15) is 0 Å². The van der Waals surface area contributed by atoms with Crippen molar-refractivity contribution < 1.29 is 4.74 Å². The summed E-state index contributed by atoms with van der Waals surface area (Å²) in [6, 6.07) is 0. The van der Waals surface area contributed by atoms with Crippen LogP contribution in [0.3, 0.4) is 0 Å². The molecule has 0 radical (unpaired) electrons. The molecule has 2 atom stereocenters. The fourth-order valence-electron chi connectivity index (χ4n) is 1.49. The van der Waals surface area contributed by atoms with Gasteiger partial charge < -0.3 is 4.74 Å². The minimum atomic E-state index is 0.392. The molecule has 0 aromatic rings. The van der Waals surface area contributed by atoms with Gasteiger partial charge in [-0.15, -0.1) is 0 Å². The fraction of sp³-hybridized carbons (Fsp3) is 0.800. The highest BCUT2D eigenvalue weighted by Gasteiger charge is 2.16. The topological polar surface area (TPSA) is 9.23 Å². The second-order valence-corrected chi connectivity index (χ2v) is 3.78. The van der Waals surface area contributed by atoms with Gasteiger partial charge in [0.05, 0.1) is 6.10 Å². The van der Waals surface area contributed by atoms with Gasteiger partial charge in [-0.2, -0.15) is 0 Å². The van der Waals surface area contributed by atoms with E-state index in [0.29, 0.717) is 6.10 Å². The molecule has 0 saturated carbocycles. The molecule has 0 N–H and O–H groups in total. The summed E-state index contributed by atoms with van der Waals surface area (Å²) in [6.45, 7) is 7.50. The molecule has 0 aromatic carbocycles. The van der Waals surface area contributed by atoms with Crippen LogP contribution in [0, 0.1) is 5.92 Å². The van der Waals surface area contributed by atoms with E-state index in [1.165, 1.54) is 18.4 Å². The number of rotatable bonds is 1. The molecule has 1 fully saturated rings. The summed E-state index contributed by atoms with van der Waals surface area (Å²) in [5.74, 6) is 0.837. The van der Waals surface area contributed by atoms with Crippen molar-refractivity contribution in [2.45, 2.75) is 39.7 Å². The van der Waals surface area contributed by atoms with E-state index in [2.05, 4.69) is 26.8 Å². The van der Waals surface area contributed by atoms with Crippen LogP contribution in [-0.4, -0.2) is 12.7 Å². The summed E-state index contributed by atoms with van der Waals surface area (Å²) in [5, 5.41) is 0. The van der Waals surface area contributed by atoms with Gasteiger partial charge in [0.25, 0.3) is 0 Å². The molecule has 0 bridgehead atoms. The SMILES string of the molecule is CC(C)=C[C@@H]1CC(C)CCO1. The average molecular weight is 154 g/mol. The quantitative estimate of drug-likeness (QED) is 0.528. The highest BCUT2D eigenvalue weighted by Crippen LogP contribution is 2.20. The average Bonchev–Trinajstić information content (AvgIpc) is 1.85. The zero-order valence-corrected chi connectivity index (χ0v) is 7.76. The largest absolute Gasteiger partial charge is 0.374 e. The third-order valence-electron chi connectivity index (χ3n) is 2.10. The molecule has 1 heterocycles. The normalized spacial score (nSPS) is 31.5. The van der Waals surface area contributed by atoms with Gasteiger partial charge in [-0.25, -0.2) is 0 Å². The maximum Gasteiger partial charge on any atom is 0.0760 e. The first kappa shape index (κ1) is 8.79. The molecule has 1 heteroatoms. The highest BCUT2D eigenvalue weighted by molar-refractivity contribution is 4.99. The molecule has 1 unspecified atom stereocenters. The molecule has 0 aliphatic carbocycles. The Bertz CT molecular complexity index is 145. The lowest BCUT2D eigenvalue weighted by atomic mass is 9.97. The molecule has 0 spiro atoms. The lowest BCUT2D eigenvalue weighted by Crippen LogP contribution is -2.22. The third-order valence-corrected chi connectivity index (χ3v) is 2.10. The Balaban J connectivity index is 2.40. The minimum Gasteiger partial charge on any atom is -0.374 e. The lowest BCUT2D eigenvalue weighted by molar-refractivity contribution is 0.0235. The van der Waals surface area contributed by atoms with Gasteiger partial charge in [0.2, 0.25) is 0 Å². The van der Waals surface area contributed by atoms with Crippen molar-refractivity contribution in [3.63, 3.8) is 0 Å². The van der Waals surface area contributed by atoms with E-state index < -0.39 is 0 Å². The first-order valence-corrected chi connectivity index (χ1v) is 4.45. The van der Waals surface area contributed by atoms with E-state index in [1.54, 1.807) is 0 Å².